The van der Waals surface area contributed by atoms with Crippen molar-refractivity contribution in [1.29, 1.82) is 0 Å². The van der Waals surface area contributed by atoms with Gasteiger partial charge in [-0.25, -0.2) is 0 Å². The van der Waals surface area contributed by atoms with Gasteiger partial charge in [0.2, 0.25) is 0 Å². The van der Waals surface area contributed by atoms with Crippen molar-refractivity contribution >= 4 is 5.97 Å². The zero-order valence-electron chi connectivity index (χ0n) is 11.8. The molecule has 0 aliphatic carbocycles. The fourth-order valence-electron chi connectivity index (χ4n) is 2.37. The van der Waals surface area contributed by atoms with Gasteiger partial charge in [0.25, 0.3) is 0 Å². The number of nitrogens with zero attached hydrogens (tertiary/aromatic N) is 1. The number of likely N-dealkylation sites (tertiary alicyclic amines) is 1. The van der Waals surface area contributed by atoms with E-state index in [1.165, 1.54) is 7.11 Å². The Morgan fingerprint density at radius 3 is 2.28 bits per heavy atom. The summed E-state index contributed by atoms with van der Waals surface area (Å²) in [6.07, 6.45) is 1.26. The van der Waals surface area contributed by atoms with Crippen LogP contribution >= 0.6 is 0 Å². The Kier molecular flexibility index (Phi) is 6.05. The predicted molar refractivity (Wildman–Crippen MR) is 70.4 cm³/mol. The third kappa shape index (κ3) is 4.23. The Morgan fingerprint density at radius 2 is 1.89 bits per heavy atom. The van der Waals surface area contributed by atoms with E-state index in [1.807, 2.05) is 0 Å². The van der Waals surface area contributed by atoms with E-state index in [-0.39, 0.29) is 6.04 Å². The van der Waals surface area contributed by atoms with E-state index in [1.54, 1.807) is 6.92 Å². The van der Waals surface area contributed by atoms with E-state index < -0.39 is 18.1 Å². The molecule has 5 heteroatoms. The molecule has 1 fully saturated rings. The van der Waals surface area contributed by atoms with Gasteiger partial charge in [0.05, 0.1) is 13.2 Å². The molecule has 0 aromatic rings. The van der Waals surface area contributed by atoms with Crippen molar-refractivity contribution in [3.05, 3.63) is 0 Å². The highest BCUT2D eigenvalue weighted by Gasteiger charge is 2.29. The molecule has 0 aromatic carbocycles. The van der Waals surface area contributed by atoms with Crippen molar-refractivity contribution < 1.29 is 14.6 Å². The predicted octanol–water partition coefficient (Wildman–Crippen LogP) is 0.371. The van der Waals surface area contributed by atoms with Crippen molar-refractivity contribution in [2.45, 2.75) is 57.8 Å². The van der Waals surface area contributed by atoms with Crippen molar-refractivity contribution in [2.24, 2.45) is 0 Å². The molecule has 1 rings (SSSR count). The summed E-state index contributed by atoms with van der Waals surface area (Å²) in [7, 11) is 1.35. The van der Waals surface area contributed by atoms with Gasteiger partial charge in [0.15, 0.2) is 0 Å². The van der Waals surface area contributed by atoms with Crippen molar-refractivity contribution in [3.8, 4) is 0 Å². The van der Waals surface area contributed by atoms with Crippen molar-refractivity contribution in [2.75, 3.05) is 20.2 Å². The highest BCUT2D eigenvalue weighted by atomic mass is 16.5. The lowest BCUT2D eigenvalue weighted by Crippen LogP contribution is -2.53. The lowest BCUT2D eigenvalue weighted by atomic mass is 10.0. The Morgan fingerprint density at radius 1 is 1.33 bits per heavy atom. The number of ether oxygens (including phenoxy) is 1. The molecule has 1 aliphatic heterocycles. The molecule has 0 saturated carbocycles. The van der Waals surface area contributed by atoms with Gasteiger partial charge in [-0.3, -0.25) is 10.1 Å². The third-order valence-corrected chi connectivity index (χ3v) is 3.61. The number of esters is 1. The highest BCUT2D eigenvalue weighted by Crippen LogP contribution is 2.14. The molecule has 0 aromatic heterocycles. The van der Waals surface area contributed by atoms with E-state index >= 15 is 0 Å². The van der Waals surface area contributed by atoms with Crippen LogP contribution in [0.1, 0.15) is 33.6 Å². The van der Waals surface area contributed by atoms with Gasteiger partial charge in [0, 0.05) is 12.1 Å². The topological polar surface area (TPSA) is 61.8 Å². The average molecular weight is 258 g/mol. The Labute approximate surface area is 109 Å². The van der Waals surface area contributed by atoms with Crippen LogP contribution < -0.4 is 5.32 Å². The number of piperidine rings is 1. The summed E-state index contributed by atoms with van der Waals surface area (Å²) in [6.45, 7) is 8.06. The minimum atomic E-state index is -0.736. The molecule has 0 bridgehead atoms. The van der Waals surface area contributed by atoms with Crippen LogP contribution in [0.25, 0.3) is 0 Å². The summed E-state index contributed by atoms with van der Waals surface area (Å²) < 4.78 is 4.70. The number of hydrogen-bond donors (Lipinski definition) is 2. The Hall–Kier alpha value is -0.650. The molecule has 2 atom stereocenters. The molecule has 18 heavy (non-hydrogen) atoms. The summed E-state index contributed by atoms with van der Waals surface area (Å²) in [5.41, 5.74) is 0. The SMILES string of the molecule is COC(=O)[C@@H](NC1CCN(C(C)C)CC1)[C@H](C)O. The number of carbonyl (C=O) groups is 1. The first-order chi connectivity index (χ1) is 8.45. The van der Waals surface area contributed by atoms with Gasteiger partial charge in [0.1, 0.15) is 6.04 Å². The first-order valence-corrected chi connectivity index (χ1v) is 6.71. The van der Waals surface area contributed by atoms with E-state index in [9.17, 15) is 9.90 Å². The first-order valence-electron chi connectivity index (χ1n) is 6.71. The quantitative estimate of drug-likeness (QED) is 0.698. The van der Waals surface area contributed by atoms with Gasteiger partial charge < -0.3 is 14.7 Å². The Balaban J connectivity index is 2.45. The van der Waals surface area contributed by atoms with Crippen LogP contribution in [0.3, 0.4) is 0 Å². The number of aliphatic hydroxyl groups excluding tert-OH is 1. The lowest BCUT2D eigenvalue weighted by Gasteiger charge is -2.36. The highest BCUT2D eigenvalue weighted by molar-refractivity contribution is 5.76. The first kappa shape index (κ1) is 15.4. The molecule has 1 aliphatic rings. The molecular formula is C13H26N2O3. The molecule has 0 unspecified atom stereocenters. The van der Waals surface area contributed by atoms with E-state index in [2.05, 4.69) is 24.1 Å². The lowest BCUT2D eigenvalue weighted by molar-refractivity contribution is -0.146. The molecular weight excluding hydrogens is 232 g/mol. The summed E-state index contributed by atoms with van der Waals surface area (Å²) >= 11 is 0. The summed E-state index contributed by atoms with van der Waals surface area (Å²) in [6, 6.07) is 0.225. The standard InChI is InChI=1S/C13H26N2O3/c1-9(2)15-7-5-11(6-8-15)14-12(10(3)16)13(17)18-4/h9-12,14,16H,5-8H2,1-4H3/t10-,12-/m0/s1. The number of rotatable bonds is 5. The summed E-state index contributed by atoms with van der Waals surface area (Å²) in [4.78, 5) is 14.0. The van der Waals surface area contributed by atoms with Crippen LogP contribution in [-0.2, 0) is 9.53 Å². The fraction of sp³-hybridized carbons (Fsp3) is 0.923. The normalized spacial score (nSPS) is 21.9. The zero-order chi connectivity index (χ0) is 13.7. The molecule has 5 nitrogen and oxygen atoms in total. The van der Waals surface area contributed by atoms with E-state index in [0.29, 0.717) is 6.04 Å². The minimum Gasteiger partial charge on any atom is -0.468 e. The van der Waals surface area contributed by atoms with Gasteiger partial charge in [-0.1, -0.05) is 0 Å². The van der Waals surface area contributed by atoms with Crippen molar-refractivity contribution in [3.63, 3.8) is 0 Å². The van der Waals surface area contributed by atoms with Crippen LogP contribution in [0.15, 0.2) is 0 Å². The zero-order valence-corrected chi connectivity index (χ0v) is 11.8. The van der Waals surface area contributed by atoms with Gasteiger partial charge in [-0.15, -0.1) is 0 Å². The largest absolute Gasteiger partial charge is 0.468 e. The second kappa shape index (κ2) is 7.07. The second-order valence-corrected chi connectivity index (χ2v) is 5.31. The second-order valence-electron chi connectivity index (χ2n) is 5.31. The molecule has 1 saturated heterocycles. The molecule has 106 valence electrons. The van der Waals surface area contributed by atoms with Gasteiger partial charge >= 0.3 is 5.97 Å². The van der Waals surface area contributed by atoms with E-state index in [4.69, 9.17) is 4.74 Å². The van der Waals surface area contributed by atoms with Gasteiger partial charge in [-0.2, -0.15) is 0 Å². The maximum absolute atomic E-state index is 11.5. The molecule has 2 N–H and O–H groups in total. The van der Waals surface area contributed by atoms with Gasteiger partial charge in [-0.05, 0) is 46.7 Å². The monoisotopic (exact) mass is 258 g/mol. The summed E-state index contributed by atoms with van der Waals surface area (Å²) in [5.74, 6) is -0.392. The number of hydrogen-bond acceptors (Lipinski definition) is 5. The van der Waals surface area contributed by atoms with Crippen molar-refractivity contribution in [1.82, 2.24) is 10.2 Å². The number of aliphatic hydroxyl groups is 1. The molecule has 1 heterocycles. The third-order valence-electron chi connectivity index (χ3n) is 3.61. The number of methoxy groups -OCH3 is 1. The van der Waals surface area contributed by atoms with Crippen LogP contribution in [0, 0.1) is 0 Å². The van der Waals surface area contributed by atoms with Crippen LogP contribution in [0.2, 0.25) is 0 Å². The number of carbonyl (C=O) groups excluding carboxylic acids is 1. The molecule has 0 amide bonds. The fourth-order valence-corrected chi connectivity index (χ4v) is 2.37. The smallest absolute Gasteiger partial charge is 0.325 e. The van der Waals surface area contributed by atoms with Crippen LogP contribution in [-0.4, -0.2) is 60.4 Å². The van der Waals surface area contributed by atoms with Crippen LogP contribution in [0.4, 0.5) is 0 Å². The molecule has 0 spiro atoms. The minimum absolute atomic E-state index is 0.277. The maximum atomic E-state index is 11.5. The molecule has 0 radical (unpaired) electrons. The summed E-state index contributed by atoms with van der Waals surface area (Å²) in [5, 5.41) is 12.8. The van der Waals surface area contributed by atoms with Crippen LogP contribution in [0.5, 0.6) is 0 Å². The average Bonchev–Trinajstić information content (AvgIpc) is 2.35. The maximum Gasteiger partial charge on any atom is 0.325 e. The van der Waals surface area contributed by atoms with E-state index in [0.717, 1.165) is 25.9 Å². The number of nitrogens with one attached hydrogen (secondary N) is 1. The Bertz CT molecular complexity index is 261.